The molecule has 3 aliphatic heterocycles. The number of aromatic nitrogens is 3. The van der Waals surface area contributed by atoms with Gasteiger partial charge in [-0.3, -0.25) is 9.69 Å². The fraction of sp³-hybridized carbons (Fsp3) is 0.407. The first kappa shape index (κ1) is 24.1. The summed E-state index contributed by atoms with van der Waals surface area (Å²) in [6.07, 6.45) is 6.88. The van der Waals surface area contributed by atoms with Gasteiger partial charge < -0.3 is 9.80 Å². The highest BCUT2D eigenvalue weighted by molar-refractivity contribution is 8.18. The van der Waals surface area contributed by atoms with E-state index in [4.69, 9.17) is 5.10 Å². The molecular formula is C27H30FN7OS. The molecule has 0 spiro atoms. The summed E-state index contributed by atoms with van der Waals surface area (Å²) in [6.45, 7) is 8.72. The second-order valence-corrected chi connectivity index (χ2v) is 10.7. The predicted octanol–water partition coefficient (Wildman–Crippen LogP) is 4.13. The van der Waals surface area contributed by atoms with Crippen molar-refractivity contribution in [1.82, 2.24) is 24.4 Å². The van der Waals surface area contributed by atoms with Crippen LogP contribution in [0.1, 0.15) is 31.9 Å². The number of amides is 1. The smallest absolute Gasteiger partial charge is 0.286 e. The first-order valence-electron chi connectivity index (χ1n) is 13.0. The molecule has 10 heteroatoms. The summed E-state index contributed by atoms with van der Waals surface area (Å²) >= 11 is 1.40. The lowest BCUT2D eigenvalue weighted by atomic mass is 10.1. The summed E-state index contributed by atoms with van der Waals surface area (Å²) < 4.78 is 17.0. The van der Waals surface area contributed by atoms with Crippen LogP contribution in [0.3, 0.4) is 0 Å². The van der Waals surface area contributed by atoms with Gasteiger partial charge >= 0.3 is 0 Å². The van der Waals surface area contributed by atoms with E-state index in [9.17, 15) is 4.79 Å². The number of likely N-dealkylation sites (tertiary alicyclic amines) is 1. The molecular weight excluding hydrogens is 489 g/mol. The SMILES string of the molecule is CCCN1CCN(c2ccc(-c3cnc4ccc(/C=C5\SC(N6CCCC6)=NC5=O)nn34)cc2F)CC1. The Hall–Kier alpha value is -3.24. The van der Waals surface area contributed by atoms with Gasteiger partial charge in [0.1, 0.15) is 5.82 Å². The minimum Gasteiger partial charge on any atom is -0.367 e. The van der Waals surface area contributed by atoms with Crippen molar-refractivity contribution in [2.45, 2.75) is 26.2 Å². The maximum Gasteiger partial charge on any atom is 0.286 e. The molecule has 6 rings (SSSR count). The standard InChI is InChI=1S/C27H30FN7OS/c1-2-9-32-12-14-33(15-13-32)22-7-5-19(16-21(22)28)23-18-29-25-8-6-20(31-35(23)25)17-24-26(36)30-27(37-24)34-10-3-4-11-34/h5-8,16-18H,2-4,9-15H2,1H3/b24-17-. The Bertz CT molecular complexity index is 1390. The minimum absolute atomic E-state index is 0.229. The highest BCUT2D eigenvalue weighted by atomic mass is 32.2. The number of rotatable bonds is 5. The normalized spacial score (nSPS) is 20.0. The molecule has 2 fully saturated rings. The Morgan fingerprint density at radius 3 is 2.59 bits per heavy atom. The maximum atomic E-state index is 15.3. The molecule has 0 unspecified atom stereocenters. The third-order valence-electron chi connectivity index (χ3n) is 7.14. The lowest BCUT2D eigenvalue weighted by molar-refractivity contribution is -0.113. The molecule has 1 aromatic carbocycles. The van der Waals surface area contributed by atoms with E-state index in [0.717, 1.165) is 70.2 Å². The number of nitrogens with zero attached hydrogens (tertiary/aromatic N) is 7. The lowest BCUT2D eigenvalue weighted by Crippen LogP contribution is -2.46. The first-order chi connectivity index (χ1) is 18.1. The predicted molar refractivity (Wildman–Crippen MR) is 146 cm³/mol. The van der Waals surface area contributed by atoms with Crippen molar-refractivity contribution in [1.29, 1.82) is 0 Å². The van der Waals surface area contributed by atoms with Gasteiger partial charge in [-0.05, 0) is 67.9 Å². The largest absolute Gasteiger partial charge is 0.367 e. The number of halogens is 1. The second kappa shape index (κ2) is 10.3. The van der Waals surface area contributed by atoms with Crippen LogP contribution in [0.25, 0.3) is 23.0 Å². The molecule has 0 bridgehead atoms. The molecule has 0 radical (unpaired) electrons. The van der Waals surface area contributed by atoms with Crippen molar-refractivity contribution in [2.24, 2.45) is 4.99 Å². The number of imidazole rings is 1. The van der Waals surface area contributed by atoms with Gasteiger partial charge in [0.05, 0.1) is 28.2 Å². The fourth-order valence-electron chi connectivity index (χ4n) is 5.19. The van der Waals surface area contributed by atoms with Crippen molar-refractivity contribution in [3.63, 3.8) is 0 Å². The quantitative estimate of drug-likeness (QED) is 0.470. The van der Waals surface area contributed by atoms with E-state index in [0.29, 0.717) is 33.2 Å². The number of carbonyl (C=O) groups is 1. The summed E-state index contributed by atoms with van der Waals surface area (Å²) in [5.41, 5.74) is 3.34. The zero-order valence-electron chi connectivity index (χ0n) is 20.9. The Kier molecular flexibility index (Phi) is 6.69. The Morgan fingerprint density at radius 1 is 1.03 bits per heavy atom. The minimum atomic E-state index is -0.241. The number of fused-ring (bicyclic) bond motifs is 1. The van der Waals surface area contributed by atoms with Crippen LogP contribution in [0.2, 0.25) is 0 Å². The van der Waals surface area contributed by atoms with Crippen LogP contribution >= 0.6 is 11.8 Å². The Morgan fingerprint density at radius 2 is 1.84 bits per heavy atom. The zero-order valence-corrected chi connectivity index (χ0v) is 21.8. The maximum absolute atomic E-state index is 15.3. The number of carbonyl (C=O) groups excluding carboxylic acids is 1. The molecule has 0 aliphatic carbocycles. The van der Waals surface area contributed by atoms with Crippen LogP contribution in [-0.2, 0) is 4.79 Å². The Balaban J connectivity index is 1.23. The van der Waals surface area contributed by atoms with Crippen molar-refractivity contribution in [2.75, 3.05) is 50.7 Å². The van der Waals surface area contributed by atoms with Gasteiger partial charge in [0.2, 0.25) is 0 Å². The molecule has 0 saturated carbocycles. The highest BCUT2D eigenvalue weighted by Crippen LogP contribution is 2.32. The van der Waals surface area contributed by atoms with Crippen LogP contribution < -0.4 is 4.90 Å². The molecule has 1 amide bonds. The lowest BCUT2D eigenvalue weighted by Gasteiger charge is -2.36. The zero-order chi connectivity index (χ0) is 25.4. The number of aliphatic imine (C=N–C) groups is 1. The number of hydrogen-bond donors (Lipinski definition) is 0. The molecule has 37 heavy (non-hydrogen) atoms. The average Bonchev–Trinajstić information content (AvgIpc) is 3.65. The van der Waals surface area contributed by atoms with Gasteiger partial charge in [0, 0.05) is 44.8 Å². The molecule has 0 N–H and O–H groups in total. The van der Waals surface area contributed by atoms with Crippen LogP contribution in [-0.4, -0.2) is 81.3 Å². The van der Waals surface area contributed by atoms with Gasteiger partial charge in [0.15, 0.2) is 10.8 Å². The molecule has 0 atom stereocenters. The van der Waals surface area contributed by atoms with Crippen LogP contribution in [0, 0.1) is 5.82 Å². The van der Waals surface area contributed by atoms with Gasteiger partial charge in [0.25, 0.3) is 5.91 Å². The third kappa shape index (κ3) is 4.87. The third-order valence-corrected chi connectivity index (χ3v) is 8.19. The molecule has 2 aromatic heterocycles. The van der Waals surface area contributed by atoms with Gasteiger partial charge in [-0.25, -0.2) is 13.9 Å². The van der Waals surface area contributed by atoms with Crippen LogP contribution in [0.4, 0.5) is 10.1 Å². The summed E-state index contributed by atoms with van der Waals surface area (Å²) in [5.74, 6) is -0.470. The van der Waals surface area contributed by atoms with Crippen molar-refractivity contribution < 1.29 is 9.18 Å². The molecule has 8 nitrogen and oxygen atoms in total. The highest BCUT2D eigenvalue weighted by Gasteiger charge is 2.28. The summed E-state index contributed by atoms with van der Waals surface area (Å²) in [7, 11) is 0. The molecule has 192 valence electrons. The molecule has 5 heterocycles. The summed E-state index contributed by atoms with van der Waals surface area (Å²) in [4.78, 5) is 28.5. The number of benzene rings is 1. The van der Waals surface area contributed by atoms with Crippen molar-refractivity contribution in [3.8, 4) is 11.3 Å². The molecule has 3 aromatic rings. The van der Waals surface area contributed by atoms with E-state index < -0.39 is 0 Å². The first-order valence-corrected chi connectivity index (χ1v) is 13.8. The van der Waals surface area contributed by atoms with Crippen LogP contribution in [0.15, 0.2) is 46.4 Å². The van der Waals surface area contributed by atoms with E-state index in [2.05, 4.69) is 31.6 Å². The fourth-order valence-corrected chi connectivity index (χ4v) is 6.14. The van der Waals surface area contributed by atoms with Gasteiger partial charge in [-0.1, -0.05) is 13.0 Å². The van der Waals surface area contributed by atoms with E-state index in [1.165, 1.54) is 11.8 Å². The number of piperazine rings is 1. The number of hydrogen-bond acceptors (Lipinski definition) is 7. The van der Waals surface area contributed by atoms with Gasteiger partial charge in [-0.2, -0.15) is 10.1 Å². The van der Waals surface area contributed by atoms with Crippen molar-refractivity contribution >= 4 is 40.2 Å². The molecule has 3 aliphatic rings. The monoisotopic (exact) mass is 519 g/mol. The number of thioether (sulfide) groups is 1. The second-order valence-electron chi connectivity index (χ2n) is 9.67. The van der Waals surface area contributed by atoms with Crippen molar-refractivity contribution in [3.05, 3.63) is 52.9 Å². The van der Waals surface area contributed by atoms with E-state index >= 15 is 4.39 Å². The van der Waals surface area contributed by atoms with Gasteiger partial charge in [-0.15, -0.1) is 0 Å². The van der Waals surface area contributed by atoms with Crippen LogP contribution in [0.5, 0.6) is 0 Å². The topological polar surface area (TPSA) is 69.3 Å². The average molecular weight is 520 g/mol. The van der Waals surface area contributed by atoms with E-state index in [1.54, 1.807) is 22.9 Å². The van der Waals surface area contributed by atoms with E-state index in [-0.39, 0.29) is 11.7 Å². The summed E-state index contributed by atoms with van der Waals surface area (Å²) in [5, 5.41) is 5.49. The Labute approximate surface area is 219 Å². The summed E-state index contributed by atoms with van der Waals surface area (Å²) in [6, 6.07) is 9.05. The number of anilines is 1. The number of amidine groups is 1. The van der Waals surface area contributed by atoms with E-state index in [1.807, 2.05) is 24.3 Å². The molecule has 2 saturated heterocycles.